The number of sulfone groups is 1. The van der Waals surface area contributed by atoms with Gasteiger partial charge in [0.05, 0.1) is 20.8 Å². The zero-order valence-corrected chi connectivity index (χ0v) is 22.6. The summed E-state index contributed by atoms with van der Waals surface area (Å²) in [5.41, 5.74) is 5.75. The van der Waals surface area contributed by atoms with Gasteiger partial charge in [0.15, 0.2) is 0 Å². The van der Waals surface area contributed by atoms with Crippen molar-refractivity contribution in [3.63, 3.8) is 0 Å². The van der Waals surface area contributed by atoms with E-state index in [0.29, 0.717) is 9.79 Å². The highest BCUT2D eigenvalue weighted by Crippen LogP contribution is 2.37. The molecule has 0 aliphatic rings. The first kappa shape index (κ1) is 24.3. The van der Waals surface area contributed by atoms with Crippen molar-refractivity contribution in [2.24, 2.45) is 0 Å². The van der Waals surface area contributed by atoms with Crippen LogP contribution in [0.4, 0.5) is 0 Å². The molecule has 0 bridgehead atoms. The average molecular weight is 496 g/mol. The van der Waals surface area contributed by atoms with Crippen molar-refractivity contribution in [3.05, 3.63) is 102 Å². The Morgan fingerprint density at radius 2 is 1.00 bits per heavy atom. The molecule has 0 saturated heterocycles. The highest BCUT2D eigenvalue weighted by Gasteiger charge is 2.22. The van der Waals surface area contributed by atoms with Gasteiger partial charge in [0.2, 0.25) is 9.84 Å². The van der Waals surface area contributed by atoms with Crippen molar-refractivity contribution in [3.8, 4) is 5.69 Å². The summed E-state index contributed by atoms with van der Waals surface area (Å²) in [6, 6.07) is 29.3. The highest BCUT2D eigenvalue weighted by molar-refractivity contribution is 7.91. The third kappa shape index (κ3) is 4.14. The summed E-state index contributed by atoms with van der Waals surface area (Å²) in [5, 5.41) is 2.39. The zero-order chi connectivity index (χ0) is 25.9. The molecule has 0 spiro atoms. The Kier molecular flexibility index (Phi) is 5.64. The van der Waals surface area contributed by atoms with E-state index in [4.69, 9.17) is 0 Å². The molecule has 1 heterocycles. The van der Waals surface area contributed by atoms with Gasteiger partial charge in [0.1, 0.15) is 0 Å². The van der Waals surface area contributed by atoms with E-state index in [1.165, 1.54) is 21.9 Å². The fourth-order valence-corrected chi connectivity index (χ4v) is 6.02. The molecular formula is C32H33NO2S. The van der Waals surface area contributed by atoms with Crippen molar-refractivity contribution in [1.82, 2.24) is 4.57 Å². The van der Waals surface area contributed by atoms with Crippen molar-refractivity contribution >= 4 is 31.6 Å². The van der Waals surface area contributed by atoms with Crippen LogP contribution in [0, 0.1) is 0 Å². The van der Waals surface area contributed by atoms with Crippen LogP contribution in [0.1, 0.15) is 52.7 Å². The third-order valence-electron chi connectivity index (χ3n) is 6.96. The minimum absolute atomic E-state index is 0.0136. The molecule has 5 rings (SSSR count). The van der Waals surface area contributed by atoms with Crippen molar-refractivity contribution in [1.29, 1.82) is 0 Å². The molecule has 0 aliphatic carbocycles. The summed E-state index contributed by atoms with van der Waals surface area (Å²) in [4.78, 5) is 0.600. The molecule has 0 unspecified atom stereocenters. The number of fused-ring (bicyclic) bond motifs is 3. The maximum absolute atomic E-state index is 13.2. The Morgan fingerprint density at radius 3 is 1.44 bits per heavy atom. The van der Waals surface area contributed by atoms with Crippen LogP contribution in [0.25, 0.3) is 27.5 Å². The molecule has 0 amide bonds. The van der Waals surface area contributed by atoms with Crippen molar-refractivity contribution in [2.75, 3.05) is 0 Å². The second kappa shape index (κ2) is 8.35. The van der Waals surface area contributed by atoms with E-state index < -0.39 is 9.84 Å². The van der Waals surface area contributed by atoms with Crippen LogP contribution >= 0.6 is 0 Å². The van der Waals surface area contributed by atoms with E-state index in [-0.39, 0.29) is 10.8 Å². The lowest BCUT2D eigenvalue weighted by molar-refractivity contribution is 0.590. The lowest BCUT2D eigenvalue weighted by Gasteiger charge is -2.20. The van der Waals surface area contributed by atoms with Gasteiger partial charge in [-0.25, -0.2) is 8.42 Å². The van der Waals surface area contributed by atoms with E-state index in [0.717, 1.165) is 16.7 Å². The standard InChI is InChI=1S/C32H33NO2S/c1-31(2,3)22-12-18-27-28-19-13-23(32(4,5)6)21-30(28)33(29(27)20-22)24-14-16-26(17-15-24)36(34,35)25-10-8-7-9-11-25/h7-21H,1-6H3. The summed E-state index contributed by atoms with van der Waals surface area (Å²) < 4.78 is 28.6. The molecule has 0 N–H and O–H groups in total. The Morgan fingerprint density at radius 1 is 0.556 bits per heavy atom. The molecule has 3 nitrogen and oxygen atoms in total. The molecule has 4 aromatic carbocycles. The molecule has 184 valence electrons. The quantitative estimate of drug-likeness (QED) is 0.253. The molecule has 1 aromatic heterocycles. The number of aromatic nitrogens is 1. The van der Waals surface area contributed by atoms with Gasteiger partial charge in [-0.2, -0.15) is 0 Å². The molecule has 5 aromatic rings. The smallest absolute Gasteiger partial charge is 0.206 e. The normalized spacial score (nSPS) is 12.9. The Balaban J connectivity index is 1.75. The second-order valence-corrected chi connectivity index (χ2v) is 13.6. The summed E-state index contributed by atoms with van der Waals surface area (Å²) in [7, 11) is -3.57. The molecule has 36 heavy (non-hydrogen) atoms. The topological polar surface area (TPSA) is 39.1 Å². The number of nitrogens with zero attached hydrogens (tertiary/aromatic N) is 1. The Hall–Kier alpha value is -3.37. The third-order valence-corrected chi connectivity index (χ3v) is 8.74. The van der Waals surface area contributed by atoms with Crippen LogP contribution in [-0.4, -0.2) is 13.0 Å². The lowest BCUT2D eigenvalue weighted by atomic mass is 9.86. The van der Waals surface area contributed by atoms with E-state index in [1.807, 2.05) is 18.2 Å². The number of hydrogen-bond acceptors (Lipinski definition) is 2. The SMILES string of the molecule is CC(C)(C)c1ccc2c3ccc(C(C)(C)C)cc3n(-c3ccc(S(=O)(=O)c4ccccc4)cc3)c2c1. The van der Waals surface area contributed by atoms with E-state index in [1.54, 1.807) is 36.4 Å². The lowest BCUT2D eigenvalue weighted by Crippen LogP contribution is -2.11. The van der Waals surface area contributed by atoms with Gasteiger partial charge in [-0.3, -0.25) is 0 Å². The number of benzene rings is 4. The molecular weight excluding hydrogens is 462 g/mol. The van der Waals surface area contributed by atoms with Gasteiger partial charge in [0, 0.05) is 16.5 Å². The van der Waals surface area contributed by atoms with Gasteiger partial charge in [-0.1, -0.05) is 84.0 Å². The summed E-state index contributed by atoms with van der Waals surface area (Å²) >= 11 is 0. The summed E-state index contributed by atoms with van der Waals surface area (Å²) in [5.74, 6) is 0. The number of rotatable bonds is 3. The van der Waals surface area contributed by atoms with E-state index in [2.05, 4.69) is 82.5 Å². The van der Waals surface area contributed by atoms with Crippen LogP contribution in [0.2, 0.25) is 0 Å². The molecule has 0 aliphatic heterocycles. The Bertz CT molecular complexity index is 1610. The van der Waals surface area contributed by atoms with Gasteiger partial charge < -0.3 is 4.57 Å². The van der Waals surface area contributed by atoms with Crippen LogP contribution in [0.15, 0.2) is 101 Å². The van der Waals surface area contributed by atoms with Gasteiger partial charge in [-0.05, 0) is 70.5 Å². The molecule has 0 radical (unpaired) electrons. The highest BCUT2D eigenvalue weighted by atomic mass is 32.2. The number of hydrogen-bond donors (Lipinski definition) is 0. The van der Waals surface area contributed by atoms with Gasteiger partial charge in [-0.15, -0.1) is 0 Å². The van der Waals surface area contributed by atoms with Gasteiger partial charge >= 0.3 is 0 Å². The van der Waals surface area contributed by atoms with Crippen molar-refractivity contribution in [2.45, 2.75) is 62.2 Å². The monoisotopic (exact) mass is 495 g/mol. The maximum Gasteiger partial charge on any atom is 0.206 e. The first-order chi connectivity index (χ1) is 16.9. The maximum atomic E-state index is 13.2. The molecule has 0 atom stereocenters. The molecule has 4 heteroatoms. The fraction of sp³-hybridized carbons (Fsp3) is 0.250. The largest absolute Gasteiger partial charge is 0.309 e. The van der Waals surface area contributed by atoms with Gasteiger partial charge in [0.25, 0.3) is 0 Å². The first-order valence-corrected chi connectivity index (χ1v) is 13.9. The van der Waals surface area contributed by atoms with Crippen LogP contribution < -0.4 is 0 Å². The minimum atomic E-state index is -3.57. The summed E-state index contributed by atoms with van der Waals surface area (Å²) in [6.07, 6.45) is 0. The Labute approximate surface area is 214 Å². The fourth-order valence-electron chi connectivity index (χ4n) is 4.74. The van der Waals surface area contributed by atoms with Crippen LogP contribution in [0.3, 0.4) is 0 Å². The molecule has 0 fully saturated rings. The first-order valence-electron chi connectivity index (χ1n) is 12.4. The molecule has 0 saturated carbocycles. The zero-order valence-electron chi connectivity index (χ0n) is 21.8. The van der Waals surface area contributed by atoms with E-state index >= 15 is 0 Å². The predicted molar refractivity (Wildman–Crippen MR) is 150 cm³/mol. The van der Waals surface area contributed by atoms with Crippen LogP contribution in [0.5, 0.6) is 0 Å². The summed E-state index contributed by atoms with van der Waals surface area (Å²) in [6.45, 7) is 13.3. The van der Waals surface area contributed by atoms with Crippen LogP contribution in [-0.2, 0) is 20.7 Å². The second-order valence-electron chi connectivity index (χ2n) is 11.6. The average Bonchev–Trinajstić information content (AvgIpc) is 3.16. The predicted octanol–water partition coefficient (Wildman–Crippen LogP) is 8.21. The van der Waals surface area contributed by atoms with E-state index in [9.17, 15) is 8.42 Å². The minimum Gasteiger partial charge on any atom is -0.309 e. The van der Waals surface area contributed by atoms with Crippen molar-refractivity contribution < 1.29 is 8.42 Å².